The fourth-order valence-corrected chi connectivity index (χ4v) is 6.84. The summed E-state index contributed by atoms with van der Waals surface area (Å²) in [4.78, 5) is 23.0. The molecule has 0 aromatic heterocycles. The molecule has 0 heterocycles. The van der Waals surface area contributed by atoms with Crippen molar-refractivity contribution < 1.29 is 32.9 Å². The zero-order chi connectivity index (χ0) is 37.2. The number of unbranched alkanes of at least 4 members (excludes halogenated alkanes) is 25. The van der Waals surface area contributed by atoms with Gasteiger partial charge in [0.2, 0.25) is 5.91 Å². The Morgan fingerprint density at radius 1 is 0.660 bits per heavy atom. The highest BCUT2D eigenvalue weighted by Gasteiger charge is 2.27. The molecule has 0 rings (SSSR count). The van der Waals surface area contributed by atoms with Crippen LogP contribution in [0.4, 0.5) is 0 Å². The first kappa shape index (κ1) is 49.2. The van der Waals surface area contributed by atoms with Crippen LogP contribution in [-0.2, 0) is 18.4 Å². The number of rotatable bonds is 38. The molecule has 0 saturated heterocycles. The molecule has 0 saturated carbocycles. The summed E-state index contributed by atoms with van der Waals surface area (Å²) in [6.07, 6.45) is 36.9. The van der Waals surface area contributed by atoms with Gasteiger partial charge in [0.15, 0.2) is 0 Å². The zero-order valence-electron chi connectivity index (χ0n) is 33.7. The van der Waals surface area contributed by atoms with Crippen molar-refractivity contribution in [2.75, 3.05) is 40.9 Å². The van der Waals surface area contributed by atoms with Gasteiger partial charge in [0.05, 0.1) is 39.9 Å². The van der Waals surface area contributed by atoms with Crippen LogP contribution in [0.5, 0.6) is 0 Å². The SMILES string of the molecule is CCCCCCCCCCCCCC=C[C@@H](O)[C@H](COP(=O)(O)OCC[N+](C)(C)C)NC(=O)CCCCCCCCCCCCCCCCC. The van der Waals surface area contributed by atoms with Crippen molar-refractivity contribution in [1.82, 2.24) is 5.32 Å². The van der Waals surface area contributed by atoms with E-state index in [4.69, 9.17) is 9.05 Å². The van der Waals surface area contributed by atoms with Gasteiger partial charge in [-0.3, -0.25) is 13.8 Å². The molecule has 8 nitrogen and oxygen atoms in total. The highest BCUT2D eigenvalue weighted by Crippen LogP contribution is 2.43. The van der Waals surface area contributed by atoms with Crippen molar-refractivity contribution in [2.45, 2.75) is 206 Å². The molecule has 0 aliphatic carbocycles. The van der Waals surface area contributed by atoms with Crippen LogP contribution < -0.4 is 5.32 Å². The molecule has 9 heteroatoms. The Hall–Kier alpha value is -0.760. The highest BCUT2D eigenvalue weighted by atomic mass is 31.2. The van der Waals surface area contributed by atoms with Crippen molar-refractivity contribution in [2.24, 2.45) is 0 Å². The molecular formula is C41H84N2O6P+. The van der Waals surface area contributed by atoms with Crippen LogP contribution >= 0.6 is 7.82 Å². The van der Waals surface area contributed by atoms with E-state index < -0.39 is 20.0 Å². The summed E-state index contributed by atoms with van der Waals surface area (Å²) < 4.78 is 23.5. The minimum Gasteiger partial charge on any atom is -0.387 e. The molecule has 0 aromatic carbocycles. The fourth-order valence-electron chi connectivity index (χ4n) is 6.10. The standard InChI is InChI=1S/C41H83N2O6P/c1-6-8-10-12-14-16-18-20-21-23-25-27-29-31-33-35-41(45)42-39(38-49-50(46,47)48-37-36-43(3,4)5)40(44)34-32-30-28-26-24-22-19-17-15-13-11-9-7-2/h32,34,39-40,44H,6-31,33,35-38H2,1-5H3,(H-,42,45,46,47)/p+1/t39-,40+/m0/s1. The van der Waals surface area contributed by atoms with Gasteiger partial charge in [-0.2, -0.15) is 0 Å². The third kappa shape index (κ3) is 35.6. The number of aliphatic hydroxyl groups excluding tert-OH is 1. The van der Waals surface area contributed by atoms with Crippen molar-refractivity contribution in [3.8, 4) is 0 Å². The minimum absolute atomic E-state index is 0.0644. The molecule has 3 atom stereocenters. The van der Waals surface area contributed by atoms with E-state index in [1.54, 1.807) is 6.08 Å². The van der Waals surface area contributed by atoms with Gasteiger partial charge in [-0.25, -0.2) is 4.57 Å². The van der Waals surface area contributed by atoms with E-state index in [9.17, 15) is 19.4 Å². The minimum atomic E-state index is -4.33. The Kier molecular flexibility index (Phi) is 33.5. The zero-order valence-corrected chi connectivity index (χ0v) is 34.5. The maximum atomic E-state index is 12.8. The number of carbonyl (C=O) groups is 1. The normalized spacial score (nSPS) is 14.6. The Labute approximate surface area is 310 Å². The van der Waals surface area contributed by atoms with E-state index >= 15 is 0 Å². The second-order valence-corrected chi connectivity index (χ2v) is 17.2. The fraction of sp³-hybridized carbons (Fsp3) is 0.927. The van der Waals surface area contributed by atoms with E-state index in [2.05, 4.69) is 19.2 Å². The third-order valence-corrected chi connectivity index (χ3v) is 10.5. The van der Waals surface area contributed by atoms with E-state index in [-0.39, 0.29) is 19.1 Å². The molecule has 50 heavy (non-hydrogen) atoms. The molecule has 0 bridgehead atoms. The number of nitrogens with one attached hydrogen (secondary N) is 1. The number of carbonyl (C=O) groups excluding carboxylic acids is 1. The van der Waals surface area contributed by atoms with Crippen molar-refractivity contribution in [3.05, 3.63) is 12.2 Å². The summed E-state index contributed by atoms with van der Waals surface area (Å²) in [6.45, 7) is 4.81. The van der Waals surface area contributed by atoms with E-state index in [0.29, 0.717) is 17.4 Å². The van der Waals surface area contributed by atoms with Crippen LogP contribution in [0.1, 0.15) is 194 Å². The summed E-state index contributed by atoms with van der Waals surface area (Å²) in [5.74, 6) is -0.176. The monoisotopic (exact) mass is 732 g/mol. The summed E-state index contributed by atoms with van der Waals surface area (Å²) >= 11 is 0. The molecular weight excluding hydrogens is 647 g/mol. The topological polar surface area (TPSA) is 105 Å². The summed E-state index contributed by atoms with van der Waals surface area (Å²) in [7, 11) is 1.58. The maximum absolute atomic E-state index is 12.8. The molecule has 0 radical (unpaired) electrons. The van der Waals surface area contributed by atoms with Crippen molar-refractivity contribution >= 4 is 13.7 Å². The number of hydrogen-bond acceptors (Lipinski definition) is 5. The number of aliphatic hydroxyl groups is 1. The lowest BCUT2D eigenvalue weighted by atomic mass is 10.0. The molecule has 3 N–H and O–H groups in total. The lowest BCUT2D eigenvalue weighted by Crippen LogP contribution is -2.45. The van der Waals surface area contributed by atoms with Gasteiger partial charge in [0, 0.05) is 6.42 Å². The lowest BCUT2D eigenvalue weighted by molar-refractivity contribution is -0.870. The average molecular weight is 732 g/mol. The number of phosphoric acid groups is 1. The molecule has 0 aliphatic heterocycles. The molecule has 1 unspecified atom stereocenters. The predicted molar refractivity (Wildman–Crippen MR) is 212 cm³/mol. The maximum Gasteiger partial charge on any atom is 0.472 e. The Balaban J connectivity index is 4.44. The van der Waals surface area contributed by atoms with Crippen molar-refractivity contribution in [3.63, 3.8) is 0 Å². The molecule has 298 valence electrons. The second kappa shape index (κ2) is 34.0. The van der Waals surface area contributed by atoms with Crippen LogP contribution in [0.25, 0.3) is 0 Å². The van der Waals surface area contributed by atoms with Crippen LogP contribution in [-0.4, -0.2) is 73.4 Å². The van der Waals surface area contributed by atoms with E-state index in [0.717, 1.165) is 38.5 Å². The van der Waals surface area contributed by atoms with Gasteiger partial charge in [-0.15, -0.1) is 0 Å². The van der Waals surface area contributed by atoms with Gasteiger partial charge < -0.3 is 19.8 Å². The van der Waals surface area contributed by atoms with Gasteiger partial charge in [-0.1, -0.05) is 180 Å². The molecule has 0 fully saturated rings. The number of hydrogen-bond donors (Lipinski definition) is 3. The van der Waals surface area contributed by atoms with E-state index in [1.165, 1.54) is 135 Å². The van der Waals surface area contributed by atoms with Crippen LogP contribution in [0.2, 0.25) is 0 Å². The van der Waals surface area contributed by atoms with Gasteiger partial charge in [0.25, 0.3) is 0 Å². The molecule has 0 aromatic rings. The van der Waals surface area contributed by atoms with Gasteiger partial charge in [-0.05, 0) is 19.3 Å². The number of allylic oxidation sites excluding steroid dienone is 1. The average Bonchev–Trinajstić information content (AvgIpc) is 3.06. The molecule has 0 aliphatic rings. The summed E-state index contributed by atoms with van der Waals surface area (Å²) in [5.41, 5.74) is 0. The third-order valence-electron chi connectivity index (χ3n) is 9.51. The Morgan fingerprint density at radius 3 is 1.48 bits per heavy atom. The lowest BCUT2D eigenvalue weighted by Gasteiger charge is -2.25. The van der Waals surface area contributed by atoms with Crippen molar-refractivity contribution in [1.29, 1.82) is 0 Å². The largest absolute Gasteiger partial charge is 0.472 e. The number of nitrogens with zero attached hydrogens (tertiary/aromatic N) is 1. The summed E-state index contributed by atoms with van der Waals surface area (Å²) in [6, 6.07) is -0.838. The van der Waals surface area contributed by atoms with Gasteiger partial charge >= 0.3 is 7.82 Å². The second-order valence-electron chi connectivity index (χ2n) is 15.7. The highest BCUT2D eigenvalue weighted by molar-refractivity contribution is 7.47. The smallest absolute Gasteiger partial charge is 0.387 e. The van der Waals surface area contributed by atoms with Crippen LogP contribution in [0, 0.1) is 0 Å². The first-order valence-corrected chi connectivity index (χ1v) is 22.6. The van der Waals surface area contributed by atoms with Gasteiger partial charge in [0.1, 0.15) is 13.2 Å². The number of phosphoric ester groups is 1. The van der Waals surface area contributed by atoms with Crippen LogP contribution in [0.3, 0.4) is 0 Å². The molecule has 0 spiro atoms. The Morgan fingerprint density at radius 2 is 1.06 bits per heavy atom. The number of quaternary nitrogens is 1. The summed E-state index contributed by atoms with van der Waals surface area (Å²) in [5, 5.41) is 13.8. The first-order valence-electron chi connectivity index (χ1n) is 21.1. The predicted octanol–water partition coefficient (Wildman–Crippen LogP) is 11.2. The number of amides is 1. The van der Waals surface area contributed by atoms with Crippen LogP contribution in [0.15, 0.2) is 12.2 Å². The van der Waals surface area contributed by atoms with E-state index in [1.807, 2.05) is 27.2 Å². The molecule has 1 amide bonds. The Bertz CT molecular complexity index is 834. The quantitative estimate of drug-likeness (QED) is 0.0253. The number of likely N-dealkylation sites (N-methyl/N-ethyl adjacent to an activating group) is 1. The first-order chi connectivity index (χ1) is 24.0.